The van der Waals surface area contributed by atoms with Crippen LogP contribution in [0, 0.1) is 0 Å². The molecule has 5 heavy (non-hydrogen) atoms. The van der Waals surface area contributed by atoms with Crippen molar-refractivity contribution in [3.8, 4) is 0 Å². The highest BCUT2D eigenvalue weighted by atomic mass is 27.0. The lowest BCUT2D eigenvalue weighted by atomic mass is 16.0. The molecule has 0 rings (SSSR count). The maximum Gasteiger partial charge on any atom is 0 e. The third-order valence-corrected chi connectivity index (χ3v) is 0. The molecule has 0 saturated carbocycles. The summed E-state index contributed by atoms with van der Waals surface area (Å²) in [5, 5.41) is 0. The molecule has 5 heteroatoms. The van der Waals surface area contributed by atoms with Crippen LogP contribution in [-0.4, -0.2) is 39.3 Å². The molecule has 5 N–H and O–H groups in total. The zero-order valence-electron chi connectivity index (χ0n) is 2.42. The Morgan fingerprint density at radius 1 is 0.600 bits per heavy atom. The van der Waals surface area contributed by atoms with Crippen molar-refractivity contribution >= 4 is 17.4 Å². The van der Waals surface area contributed by atoms with Gasteiger partial charge in [-0.05, 0) is 0 Å². The van der Waals surface area contributed by atoms with Crippen LogP contribution in [0.2, 0.25) is 0 Å². The summed E-state index contributed by atoms with van der Waals surface area (Å²) in [6.45, 7) is 0. The average molecular weight is 96.0 g/mol. The number of hydrogen-bond donors (Lipinski definition) is 0. The van der Waals surface area contributed by atoms with Crippen molar-refractivity contribution in [2.45, 2.75) is 0 Å². The molecule has 0 heterocycles. The third kappa shape index (κ3) is 177. The molecule has 0 aromatic carbocycles. The van der Waals surface area contributed by atoms with Crippen LogP contribution in [0.25, 0.3) is 0 Å². The smallest absolute Gasteiger partial charge is 0 e. The van der Waals surface area contributed by atoms with E-state index in [4.69, 9.17) is 0 Å². The zero-order chi connectivity index (χ0) is 0. The van der Waals surface area contributed by atoms with E-state index in [1.807, 2.05) is 0 Å². The van der Waals surface area contributed by atoms with Gasteiger partial charge in [0.15, 0.2) is 0 Å². The SMILES string of the molecule is O.[Al].[OH-].[OH-].[OH-]. The molecule has 0 fully saturated rings. The standard InChI is InChI=1S/Al.4H2O/h;4*1H2/p-3. The Morgan fingerprint density at radius 3 is 0.600 bits per heavy atom. The van der Waals surface area contributed by atoms with E-state index in [0.717, 1.165) is 0 Å². The van der Waals surface area contributed by atoms with Crippen molar-refractivity contribution in [1.82, 2.24) is 0 Å². The van der Waals surface area contributed by atoms with E-state index in [1.165, 1.54) is 0 Å². The maximum absolute atomic E-state index is 0. The van der Waals surface area contributed by atoms with Crippen LogP contribution in [0.5, 0.6) is 0 Å². The predicted molar refractivity (Wildman–Crippen MR) is 15.2 cm³/mol. The fourth-order valence-electron chi connectivity index (χ4n) is 0. The van der Waals surface area contributed by atoms with E-state index >= 15 is 0 Å². The van der Waals surface area contributed by atoms with Gasteiger partial charge in [-0.3, -0.25) is 0 Å². The zero-order valence-corrected chi connectivity index (χ0v) is 3.57. The van der Waals surface area contributed by atoms with Crippen LogP contribution < -0.4 is 0 Å². The second kappa shape index (κ2) is 358. The largest absolute Gasteiger partial charge is 0.870 e. The summed E-state index contributed by atoms with van der Waals surface area (Å²) >= 11 is 0. The molecule has 0 aromatic heterocycles. The Balaban J connectivity index is 0. The quantitative estimate of drug-likeness (QED) is 0.332. The molecule has 3 radical (unpaired) electrons. The van der Waals surface area contributed by atoms with Gasteiger partial charge in [-0.25, -0.2) is 0 Å². The summed E-state index contributed by atoms with van der Waals surface area (Å²) in [7, 11) is 0. The summed E-state index contributed by atoms with van der Waals surface area (Å²) in [5.41, 5.74) is 0. The van der Waals surface area contributed by atoms with Crippen LogP contribution in [-0.2, 0) is 0 Å². The molecule has 0 aromatic rings. The first-order chi connectivity index (χ1) is 0. The van der Waals surface area contributed by atoms with Crippen LogP contribution in [0.3, 0.4) is 0 Å². The van der Waals surface area contributed by atoms with Gasteiger partial charge in [0.1, 0.15) is 0 Å². The van der Waals surface area contributed by atoms with Gasteiger partial charge in [0.25, 0.3) is 0 Å². The van der Waals surface area contributed by atoms with Crippen LogP contribution in [0.1, 0.15) is 0 Å². The molecule has 0 aliphatic heterocycles. The predicted octanol–water partition coefficient (Wildman–Crippen LogP) is -1.74. The van der Waals surface area contributed by atoms with Crippen molar-refractivity contribution in [2.75, 3.05) is 0 Å². The Hall–Kier alpha value is 0.372. The van der Waals surface area contributed by atoms with Crippen molar-refractivity contribution in [2.24, 2.45) is 0 Å². The van der Waals surface area contributed by atoms with E-state index in [1.54, 1.807) is 0 Å². The lowest BCUT2D eigenvalue weighted by Gasteiger charge is -0.871. The number of rotatable bonds is 0. The van der Waals surface area contributed by atoms with Crippen LogP contribution in [0.4, 0.5) is 0 Å². The highest BCUT2D eigenvalue weighted by molar-refractivity contribution is 5.75. The van der Waals surface area contributed by atoms with Gasteiger partial charge >= 0.3 is 0 Å². The van der Waals surface area contributed by atoms with Gasteiger partial charge in [-0.1, -0.05) is 0 Å². The highest BCUT2D eigenvalue weighted by Crippen LogP contribution is -0.286. The summed E-state index contributed by atoms with van der Waals surface area (Å²) in [4.78, 5) is 0. The highest BCUT2D eigenvalue weighted by Gasteiger charge is 0.00000590. The fraction of sp³-hybridized carbons (Fsp3) is 0. The molecular weight excluding hydrogens is 91.0 g/mol. The van der Waals surface area contributed by atoms with E-state index in [2.05, 4.69) is 0 Å². The lowest BCUT2D eigenvalue weighted by Crippen LogP contribution is -0.381. The Morgan fingerprint density at radius 2 is 0.600 bits per heavy atom. The fourth-order valence-corrected chi connectivity index (χ4v) is 0. The summed E-state index contributed by atoms with van der Waals surface area (Å²) in [5.74, 6) is 0. The van der Waals surface area contributed by atoms with Gasteiger partial charge in [0, 0.05) is 17.4 Å². The maximum atomic E-state index is 0. The molecule has 0 amide bonds. The lowest BCUT2D eigenvalue weighted by molar-refractivity contribution is 0.823. The minimum atomic E-state index is 0. The van der Waals surface area contributed by atoms with Crippen molar-refractivity contribution in [1.29, 1.82) is 0 Å². The Kier molecular flexibility index (Phi) is 53100. The van der Waals surface area contributed by atoms with Gasteiger partial charge < -0.3 is 21.9 Å². The van der Waals surface area contributed by atoms with E-state index in [0.29, 0.717) is 0 Å². The van der Waals surface area contributed by atoms with Gasteiger partial charge in [-0.2, -0.15) is 0 Å². The van der Waals surface area contributed by atoms with Crippen molar-refractivity contribution in [3.05, 3.63) is 0 Å². The monoisotopic (exact) mass is 96.0 g/mol. The molecular formula is H5AlO4-3. The van der Waals surface area contributed by atoms with E-state index in [-0.39, 0.29) is 39.3 Å². The molecule has 0 atom stereocenters. The topological polar surface area (TPSA) is 122 Å². The summed E-state index contributed by atoms with van der Waals surface area (Å²) < 4.78 is 0. The summed E-state index contributed by atoms with van der Waals surface area (Å²) in [6.07, 6.45) is 0. The first-order valence-corrected chi connectivity index (χ1v) is 0. The van der Waals surface area contributed by atoms with Crippen LogP contribution >= 0.6 is 0 Å². The Labute approximate surface area is 40.2 Å². The number of hydrogen-bond acceptors (Lipinski definition) is 3. The Bertz CT molecular complexity index is 3.61. The van der Waals surface area contributed by atoms with E-state index in [9.17, 15) is 0 Å². The first-order valence-electron chi connectivity index (χ1n) is 0. The van der Waals surface area contributed by atoms with E-state index < -0.39 is 0 Å². The third-order valence-electron chi connectivity index (χ3n) is 0. The molecule has 35 valence electrons. The first kappa shape index (κ1) is 740. The molecule has 4 nitrogen and oxygen atoms in total. The summed E-state index contributed by atoms with van der Waals surface area (Å²) in [6, 6.07) is 0. The second-order valence-electron chi connectivity index (χ2n) is 0. The minimum Gasteiger partial charge on any atom is -0.870 e. The molecule has 0 unspecified atom stereocenters. The normalized spacial score (nSPS) is 0. The average Bonchev–Trinajstić information content (AvgIpc) is 0. The second-order valence-corrected chi connectivity index (χ2v) is 0. The minimum absolute atomic E-state index is 0. The van der Waals surface area contributed by atoms with Gasteiger partial charge in [0.2, 0.25) is 0 Å². The van der Waals surface area contributed by atoms with Gasteiger partial charge in [0.05, 0.1) is 0 Å². The molecule has 0 spiro atoms. The van der Waals surface area contributed by atoms with Gasteiger partial charge in [-0.15, -0.1) is 0 Å². The molecule has 0 aliphatic carbocycles. The van der Waals surface area contributed by atoms with Crippen molar-refractivity contribution in [3.63, 3.8) is 0 Å². The van der Waals surface area contributed by atoms with Crippen molar-refractivity contribution < 1.29 is 21.9 Å². The molecule has 0 saturated heterocycles. The van der Waals surface area contributed by atoms with Crippen LogP contribution in [0.15, 0.2) is 0 Å². The molecule has 0 aliphatic rings. The molecule has 0 bridgehead atoms.